The zero-order chi connectivity index (χ0) is 29.8. The van der Waals surface area contributed by atoms with Crippen LogP contribution in [0.3, 0.4) is 0 Å². The van der Waals surface area contributed by atoms with E-state index < -0.39 is 0 Å². The Morgan fingerprint density at radius 2 is 0.791 bits per heavy atom. The minimum Gasteiger partial charge on any atom is -0.287 e. The Morgan fingerprint density at radius 1 is 0.372 bits per heavy atom. The van der Waals surface area contributed by atoms with Gasteiger partial charge in [-0.15, -0.1) is 0 Å². The molecule has 1 aliphatic rings. The van der Waals surface area contributed by atoms with Crippen LogP contribution in [0.4, 0.5) is 0 Å². The van der Waals surface area contributed by atoms with Crippen LogP contribution in [0, 0.1) is 0 Å². The van der Waals surface area contributed by atoms with Gasteiger partial charge in [0.25, 0.3) is 0 Å². The first-order valence-electron chi connectivity index (χ1n) is 15.0. The number of benzene rings is 6. The SMILES string of the molecule is C=C1C(=NC)c2ccccc2-c2ccc(-c3cccc(-c4cc(-c5ccccc5)cc(-c5ccccc5)c4)c3)cc21.CC. The molecule has 43 heavy (non-hydrogen) atoms. The lowest BCUT2D eigenvalue weighted by Gasteiger charge is -2.24. The lowest BCUT2D eigenvalue weighted by Crippen LogP contribution is -2.12. The van der Waals surface area contributed by atoms with E-state index in [9.17, 15) is 0 Å². The first-order chi connectivity index (χ1) is 21.2. The molecule has 0 saturated carbocycles. The summed E-state index contributed by atoms with van der Waals surface area (Å²) in [7, 11) is 1.85. The number of hydrogen-bond acceptors (Lipinski definition) is 1. The quantitative estimate of drug-likeness (QED) is 0.206. The Hall–Kier alpha value is -5.27. The van der Waals surface area contributed by atoms with Crippen molar-refractivity contribution in [1.82, 2.24) is 0 Å². The summed E-state index contributed by atoms with van der Waals surface area (Å²) in [6.45, 7) is 8.45. The van der Waals surface area contributed by atoms with E-state index in [-0.39, 0.29) is 0 Å². The molecule has 1 aliphatic carbocycles. The van der Waals surface area contributed by atoms with Gasteiger partial charge in [0.1, 0.15) is 0 Å². The third kappa shape index (κ3) is 5.38. The van der Waals surface area contributed by atoms with Gasteiger partial charge in [-0.3, -0.25) is 4.99 Å². The number of nitrogens with zero attached hydrogens (tertiary/aromatic N) is 1. The molecule has 208 valence electrons. The van der Waals surface area contributed by atoms with Gasteiger partial charge in [-0.25, -0.2) is 0 Å². The molecule has 6 aromatic rings. The fourth-order valence-corrected chi connectivity index (χ4v) is 5.95. The van der Waals surface area contributed by atoms with Gasteiger partial charge in [-0.05, 0) is 91.5 Å². The number of rotatable bonds is 4. The van der Waals surface area contributed by atoms with Crippen LogP contribution >= 0.6 is 0 Å². The van der Waals surface area contributed by atoms with Crippen LogP contribution in [0.5, 0.6) is 0 Å². The molecule has 0 amide bonds. The summed E-state index contributed by atoms with van der Waals surface area (Å²) in [6.07, 6.45) is 0. The fraction of sp³-hybridized carbons (Fsp3) is 0.0714. The van der Waals surface area contributed by atoms with E-state index in [4.69, 9.17) is 0 Å². The van der Waals surface area contributed by atoms with Gasteiger partial charge < -0.3 is 0 Å². The number of hydrogen-bond donors (Lipinski definition) is 0. The van der Waals surface area contributed by atoms with Gasteiger partial charge in [0.2, 0.25) is 0 Å². The number of fused-ring (bicyclic) bond motifs is 3. The Morgan fingerprint density at radius 3 is 1.37 bits per heavy atom. The number of aliphatic imine (C=N–C) groups is 1. The second kappa shape index (κ2) is 12.3. The van der Waals surface area contributed by atoms with Crippen LogP contribution < -0.4 is 0 Å². The second-order valence-corrected chi connectivity index (χ2v) is 10.5. The maximum absolute atomic E-state index is 4.61. The number of allylic oxidation sites excluding steroid dienone is 1. The Bertz CT molecular complexity index is 1890. The lowest BCUT2D eigenvalue weighted by atomic mass is 9.80. The van der Waals surface area contributed by atoms with Gasteiger partial charge in [0.15, 0.2) is 0 Å². The maximum Gasteiger partial charge on any atom is 0.0722 e. The fourth-order valence-electron chi connectivity index (χ4n) is 5.95. The molecule has 0 spiro atoms. The van der Waals surface area contributed by atoms with Crippen LogP contribution in [-0.4, -0.2) is 12.8 Å². The van der Waals surface area contributed by atoms with Crippen molar-refractivity contribution in [2.45, 2.75) is 13.8 Å². The second-order valence-electron chi connectivity index (χ2n) is 10.5. The monoisotopic (exact) mass is 553 g/mol. The largest absolute Gasteiger partial charge is 0.287 e. The van der Waals surface area contributed by atoms with Crippen molar-refractivity contribution >= 4 is 11.3 Å². The molecule has 0 fully saturated rings. The molecular weight excluding hydrogens is 518 g/mol. The van der Waals surface area contributed by atoms with Gasteiger partial charge in [-0.2, -0.15) is 0 Å². The van der Waals surface area contributed by atoms with Gasteiger partial charge in [0, 0.05) is 18.2 Å². The van der Waals surface area contributed by atoms with Gasteiger partial charge in [0.05, 0.1) is 5.71 Å². The molecule has 0 atom stereocenters. The lowest BCUT2D eigenvalue weighted by molar-refractivity contribution is 1.42. The highest BCUT2D eigenvalue weighted by Gasteiger charge is 2.24. The molecule has 0 unspecified atom stereocenters. The molecule has 0 saturated heterocycles. The smallest absolute Gasteiger partial charge is 0.0722 e. The molecule has 0 radical (unpaired) electrons. The van der Waals surface area contributed by atoms with Crippen molar-refractivity contribution in [2.75, 3.05) is 7.05 Å². The highest BCUT2D eigenvalue weighted by atomic mass is 14.7. The zero-order valence-corrected chi connectivity index (χ0v) is 25.0. The van der Waals surface area contributed by atoms with Crippen molar-refractivity contribution in [3.63, 3.8) is 0 Å². The predicted octanol–water partition coefficient (Wildman–Crippen LogP) is 11.5. The van der Waals surface area contributed by atoms with E-state index in [0.717, 1.165) is 22.4 Å². The Labute approximate surface area is 255 Å². The first kappa shape index (κ1) is 27.9. The van der Waals surface area contributed by atoms with Crippen molar-refractivity contribution in [3.8, 4) is 55.6 Å². The average Bonchev–Trinajstić information content (AvgIpc) is 3.10. The van der Waals surface area contributed by atoms with E-state index in [0.29, 0.717) is 0 Å². The van der Waals surface area contributed by atoms with Crippen LogP contribution in [0.2, 0.25) is 0 Å². The molecule has 1 nitrogen and oxygen atoms in total. The Kier molecular flexibility index (Phi) is 7.98. The van der Waals surface area contributed by atoms with Gasteiger partial charge >= 0.3 is 0 Å². The molecule has 0 aliphatic heterocycles. The van der Waals surface area contributed by atoms with Crippen LogP contribution in [0.25, 0.3) is 61.2 Å². The summed E-state index contributed by atoms with van der Waals surface area (Å²) in [5, 5.41) is 0. The average molecular weight is 554 g/mol. The third-order valence-electron chi connectivity index (χ3n) is 8.00. The molecule has 6 aromatic carbocycles. The topological polar surface area (TPSA) is 12.4 Å². The summed E-state index contributed by atoms with van der Waals surface area (Å²) >= 11 is 0. The molecule has 1 heteroatoms. The molecule has 0 bridgehead atoms. The van der Waals surface area contributed by atoms with Crippen molar-refractivity contribution < 1.29 is 0 Å². The van der Waals surface area contributed by atoms with Gasteiger partial charge in [-0.1, -0.05) is 136 Å². The third-order valence-corrected chi connectivity index (χ3v) is 8.00. The van der Waals surface area contributed by atoms with Crippen molar-refractivity contribution in [1.29, 1.82) is 0 Å². The molecule has 0 heterocycles. The summed E-state index contributed by atoms with van der Waals surface area (Å²) in [6, 6.07) is 52.2. The first-order valence-corrected chi connectivity index (χ1v) is 15.0. The molecular formula is C42H35N. The van der Waals surface area contributed by atoms with E-state index in [1.807, 2.05) is 20.9 Å². The minimum atomic E-state index is 0.963. The minimum absolute atomic E-state index is 0.963. The van der Waals surface area contributed by atoms with E-state index in [1.165, 1.54) is 55.6 Å². The molecule has 0 N–H and O–H groups in total. The summed E-state index contributed by atoms with van der Waals surface area (Å²) < 4.78 is 0. The summed E-state index contributed by atoms with van der Waals surface area (Å²) in [5.41, 5.74) is 16.2. The Balaban J connectivity index is 0.00000161. The predicted molar refractivity (Wildman–Crippen MR) is 186 cm³/mol. The van der Waals surface area contributed by atoms with E-state index >= 15 is 0 Å². The normalized spacial score (nSPS) is 12.6. The maximum atomic E-state index is 4.61. The molecule has 7 rings (SSSR count). The van der Waals surface area contributed by atoms with Crippen LogP contribution in [0.1, 0.15) is 25.0 Å². The van der Waals surface area contributed by atoms with E-state index in [1.54, 1.807) is 0 Å². The molecule has 0 aromatic heterocycles. The summed E-state index contributed by atoms with van der Waals surface area (Å²) in [4.78, 5) is 4.61. The van der Waals surface area contributed by atoms with Crippen LogP contribution in [0.15, 0.2) is 157 Å². The standard InChI is InChI=1S/C40H29N.C2H6/c1-27-39-26-32(20-21-37(39)36-18-9-10-19-38(36)40(27)41-2)30-16-11-17-31(22-30)35-24-33(28-12-5-3-6-13-28)23-34(25-35)29-14-7-4-8-15-29;1-2/h3-26H,1H2,2H3;1-2H3. The van der Waals surface area contributed by atoms with E-state index in [2.05, 4.69) is 157 Å². The van der Waals surface area contributed by atoms with Crippen molar-refractivity contribution in [2.24, 2.45) is 4.99 Å². The highest BCUT2D eigenvalue weighted by molar-refractivity contribution is 6.36. The van der Waals surface area contributed by atoms with Crippen LogP contribution in [-0.2, 0) is 0 Å². The highest BCUT2D eigenvalue weighted by Crippen LogP contribution is 2.41. The van der Waals surface area contributed by atoms with Crippen molar-refractivity contribution in [3.05, 3.63) is 163 Å². The summed E-state index contributed by atoms with van der Waals surface area (Å²) in [5.74, 6) is 0. The zero-order valence-electron chi connectivity index (χ0n) is 25.0.